The van der Waals surface area contributed by atoms with E-state index in [4.69, 9.17) is 0 Å². The highest BCUT2D eigenvalue weighted by Crippen LogP contribution is 2.41. The van der Waals surface area contributed by atoms with E-state index in [1.54, 1.807) is 0 Å². The van der Waals surface area contributed by atoms with Gasteiger partial charge in [-0.25, -0.2) is 0 Å². The normalized spacial score (nSPS) is 13.0. The van der Waals surface area contributed by atoms with Gasteiger partial charge in [0.1, 0.15) is 0 Å². The van der Waals surface area contributed by atoms with Crippen molar-refractivity contribution in [2.45, 2.75) is 52.4 Å². The van der Waals surface area contributed by atoms with Crippen LogP contribution in [-0.4, -0.2) is 0 Å². The molecule has 0 heteroatoms. The van der Waals surface area contributed by atoms with E-state index in [1.807, 2.05) is 0 Å². The second kappa shape index (κ2) is 5.58. The molecule has 26 heavy (non-hydrogen) atoms. The van der Waals surface area contributed by atoms with Crippen LogP contribution in [0.1, 0.15) is 52.7 Å². The third kappa shape index (κ3) is 2.51. The average Bonchev–Trinajstić information content (AvgIpc) is 2.57. The van der Waals surface area contributed by atoms with Gasteiger partial charge < -0.3 is 0 Å². The van der Waals surface area contributed by atoms with Crippen molar-refractivity contribution < 1.29 is 0 Å². The lowest BCUT2D eigenvalue weighted by atomic mass is 9.72. The fraction of sp³-hybridized carbons (Fsp3) is 0.308. The molecular weight excluding hydrogens is 312 g/mol. The van der Waals surface area contributed by atoms with E-state index in [2.05, 4.69) is 102 Å². The molecule has 0 unspecified atom stereocenters. The van der Waals surface area contributed by atoms with Crippen molar-refractivity contribution in [3.8, 4) is 11.1 Å². The summed E-state index contributed by atoms with van der Waals surface area (Å²) in [5.41, 5.74) is 5.90. The Morgan fingerprint density at radius 1 is 0.500 bits per heavy atom. The zero-order valence-electron chi connectivity index (χ0n) is 16.8. The van der Waals surface area contributed by atoms with Gasteiger partial charge in [-0.1, -0.05) is 102 Å². The smallest absolute Gasteiger partial charge is 0.00203 e. The maximum absolute atomic E-state index is 2.34. The van der Waals surface area contributed by atoms with Gasteiger partial charge in [0.15, 0.2) is 0 Å². The van der Waals surface area contributed by atoms with Crippen molar-refractivity contribution in [1.29, 1.82) is 0 Å². The van der Waals surface area contributed by atoms with E-state index in [1.165, 1.54) is 43.1 Å². The van der Waals surface area contributed by atoms with Gasteiger partial charge in [0.05, 0.1) is 0 Å². The molecule has 132 valence electrons. The largest absolute Gasteiger partial charge is 0.0616 e. The van der Waals surface area contributed by atoms with Crippen LogP contribution in [0.2, 0.25) is 0 Å². The maximum Gasteiger partial charge on any atom is -0.00203 e. The molecule has 0 N–H and O–H groups in total. The lowest BCUT2D eigenvalue weighted by Crippen LogP contribution is -2.23. The predicted octanol–water partition coefficient (Wildman–Crippen LogP) is 6.84. The van der Waals surface area contributed by atoms with Crippen LogP contribution in [-0.2, 0) is 10.8 Å². The molecule has 0 fully saturated rings. The molecule has 0 radical (unpaired) electrons. The summed E-state index contributed by atoms with van der Waals surface area (Å²) < 4.78 is 0. The topological polar surface area (TPSA) is 0 Å². The second-order valence-corrected chi connectivity index (χ2v) is 9.50. The molecule has 0 saturated heterocycles. The zero-order chi connectivity index (χ0) is 18.7. The highest BCUT2D eigenvalue weighted by Gasteiger charge is 2.28. The Hall–Kier alpha value is -2.34. The van der Waals surface area contributed by atoms with Crippen LogP contribution in [0, 0.1) is 20.9 Å². The first-order chi connectivity index (χ1) is 12.2. The van der Waals surface area contributed by atoms with Gasteiger partial charge in [-0.05, 0) is 54.0 Å². The Balaban J connectivity index is 2.13. The first-order valence-electron chi connectivity index (χ1n) is 9.57. The van der Waals surface area contributed by atoms with Crippen molar-refractivity contribution in [2.24, 2.45) is 0 Å². The summed E-state index contributed by atoms with van der Waals surface area (Å²) in [7, 11) is 0. The summed E-state index contributed by atoms with van der Waals surface area (Å²) >= 11 is 0. The Labute approximate surface area is 156 Å². The first kappa shape index (κ1) is 17.1. The summed E-state index contributed by atoms with van der Waals surface area (Å²) in [5, 5.41) is 5.58. The molecule has 0 amide bonds. The fourth-order valence-electron chi connectivity index (χ4n) is 4.37. The van der Waals surface area contributed by atoms with E-state index >= 15 is 0 Å². The maximum atomic E-state index is 2.34. The molecule has 1 aliphatic carbocycles. The van der Waals surface area contributed by atoms with E-state index < -0.39 is 0 Å². The van der Waals surface area contributed by atoms with Crippen molar-refractivity contribution in [3.05, 3.63) is 92.7 Å². The van der Waals surface area contributed by atoms with E-state index in [9.17, 15) is 0 Å². The number of rotatable bonds is 1. The van der Waals surface area contributed by atoms with Gasteiger partial charge in [0.2, 0.25) is 0 Å². The molecular formula is C26H28. The highest BCUT2D eigenvalue weighted by molar-refractivity contribution is 5.72. The molecule has 1 aliphatic rings. The number of fused-ring (bicyclic) bond motifs is 2. The Kier molecular flexibility index (Phi) is 3.67. The molecule has 0 atom stereocenters. The molecule has 4 rings (SSSR count). The number of benzene rings is 3. The van der Waals surface area contributed by atoms with E-state index in [0.29, 0.717) is 0 Å². The monoisotopic (exact) mass is 340 g/mol. The summed E-state index contributed by atoms with van der Waals surface area (Å²) in [6.07, 6.45) is 0. The Morgan fingerprint density at radius 2 is 1.08 bits per heavy atom. The summed E-state index contributed by atoms with van der Waals surface area (Å²) in [6.45, 7) is 14.0. The van der Waals surface area contributed by atoms with Crippen molar-refractivity contribution in [1.82, 2.24) is 0 Å². The van der Waals surface area contributed by atoms with Crippen LogP contribution >= 0.6 is 0 Å². The molecule has 0 aromatic heterocycles. The molecule has 0 heterocycles. The summed E-state index contributed by atoms with van der Waals surface area (Å²) in [4.78, 5) is 0. The first-order valence-corrected chi connectivity index (χ1v) is 9.57. The Morgan fingerprint density at radius 3 is 1.73 bits per heavy atom. The lowest BCUT2D eigenvalue weighted by Gasteiger charge is -2.32. The van der Waals surface area contributed by atoms with Gasteiger partial charge in [-0.2, -0.15) is 0 Å². The Bertz CT molecular complexity index is 1180. The SMILES string of the molecule is CC(C)(C)c1cccc(-c2cccc3c2=c2ccccc2=3)c1C(C)(C)C. The van der Waals surface area contributed by atoms with Gasteiger partial charge in [0, 0.05) is 0 Å². The highest BCUT2D eigenvalue weighted by atomic mass is 14.3. The van der Waals surface area contributed by atoms with Gasteiger partial charge in [-0.3, -0.25) is 0 Å². The third-order valence-corrected chi connectivity index (χ3v) is 5.46. The van der Waals surface area contributed by atoms with Crippen LogP contribution in [0.3, 0.4) is 0 Å². The molecule has 0 aliphatic heterocycles. The van der Waals surface area contributed by atoms with Crippen LogP contribution in [0.5, 0.6) is 0 Å². The van der Waals surface area contributed by atoms with Crippen molar-refractivity contribution >= 4 is 0 Å². The van der Waals surface area contributed by atoms with Crippen LogP contribution in [0.4, 0.5) is 0 Å². The van der Waals surface area contributed by atoms with Crippen molar-refractivity contribution in [3.63, 3.8) is 0 Å². The van der Waals surface area contributed by atoms with Crippen LogP contribution < -0.4 is 0 Å². The molecule has 3 aromatic rings. The quantitative estimate of drug-likeness (QED) is 0.356. The van der Waals surface area contributed by atoms with Gasteiger partial charge in [0.25, 0.3) is 0 Å². The number of hydrogen-bond donors (Lipinski definition) is 0. The predicted molar refractivity (Wildman–Crippen MR) is 111 cm³/mol. The summed E-state index contributed by atoms with van der Waals surface area (Å²) in [5.74, 6) is 0. The molecule has 0 nitrogen and oxygen atoms in total. The van der Waals surface area contributed by atoms with Crippen LogP contribution in [0.25, 0.3) is 11.1 Å². The molecule has 0 bridgehead atoms. The average molecular weight is 341 g/mol. The molecule has 3 aromatic carbocycles. The van der Waals surface area contributed by atoms with Gasteiger partial charge >= 0.3 is 0 Å². The lowest BCUT2D eigenvalue weighted by molar-refractivity contribution is 0.531. The van der Waals surface area contributed by atoms with Crippen molar-refractivity contribution in [2.75, 3.05) is 0 Å². The molecule has 0 spiro atoms. The third-order valence-electron chi connectivity index (χ3n) is 5.46. The summed E-state index contributed by atoms with van der Waals surface area (Å²) in [6, 6.07) is 22.4. The molecule has 0 saturated carbocycles. The fourth-order valence-corrected chi connectivity index (χ4v) is 4.37. The minimum atomic E-state index is 0.0885. The number of hydrogen-bond acceptors (Lipinski definition) is 0. The second-order valence-electron chi connectivity index (χ2n) is 9.50. The minimum absolute atomic E-state index is 0.0885. The van der Waals surface area contributed by atoms with E-state index in [-0.39, 0.29) is 10.8 Å². The zero-order valence-corrected chi connectivity index (χ0v) is 16.8. The minimum Gasteiger partial charge on any atom is -0.0616 e. The van der Waals surface area contributed by atoms with Crippen LogP contribution in [0.15, 0.2) is 60.7 Å². The van der Waals surface area contributed by atoms with E-state index in [0.717, 1.165) is 0 Å². The standard InChI is InChI=1S/C26H28/c1-25(2,3)22-16-10-15-21(24(22)26(4,5)6)20-14-9-13-19-17-11-7-8-12-18(17)23(19)20/h7-16H,1-6H3. The van der Waals surface area contributed by atoms with Gasteiger partial charge in [-0.15, -0.1) is 0 Å².